The second kappa shape index (κ2) is 17.7. The van der Waals surface area contributed by atoms with E-state index < -0.39 is 78.2 Å². The molecule has 0 aromatic heterocycles. The number of esters is 2. The van der Waals surface area contributed by atoms with E-state index in [9.17, 15) is 29.4 Å². The third kappa shape index (κ3) is 10.3. The van der Waals surface area contributed by atoms with Crippen LogP contribution in [-0.2, 0) is 50.9 Å². The zero-order valence-corrected chi connectivity index (χ0v) is 31.0. The third-order valence-corrected chi connectivity index (χ3v) is 9.24. The van der Waals surface area contributed by atoms with Crippen molar-refractivity contribution in [3.05, 3.63) is 88.7 Å². The van der Waals surface area contributed by atoms with Crippen LogP contribution in [-0.4, -0.2) is 107 Å². The molecule has 54 heavy (non-hydrogen) atoms. The molecule has 5 N–H and O–H groups in total. The van der Waals surface area contributed by atoms with Crippen LogP contribution in [0.25, 0.3) is 6.08 Å². The molecule has 2 aromatic rings. The van der Waals surface area contributed by atoms with E-state index in [0.717, 1.165) is 11.1 Å². The fraction of sp³-hybridized carbons (Fsp3) is 0.500. The molecule has 2 amide bonds. The van der Waals surface area contributed by atoms with Gasteiger partial charge in [0.25, 0.3) is 0 Å². The van der Waals surface area contributed by atoms with Gasteiger partial charge in [-0.3, -0.25) is 14.4 Å². The van der Waals surface area contributed by atoms with Gasteiger partial charge in [-0.1, -0.05) is 42.5 Å². The maximum Gasteiger partial charge on any atom is 0.339 e. The molecule has 5 rings (SSSR count). The molecule has 1 fully saturated rings. The summed E-state index contributed by atoms with van der Waals surface area (Å²) < 4.78 is 29.7. The Hall–Kier alpha value is -4.60. The first-order chi connectivity index (χ1) is 25.7. The number of rotatable bonds is 15. The summed E-state index contributed by atoms with van der Waals surface area (Å²) in [6, 6.07) is 12.3. The Morgan fingerprint density at radius 3 is 2.33 bits per heavy atom. The number of ether oxygens (including phenoxy) is 5. The molecule has 14 nitrogen and oxygen atoms in total. The molecule has 6 atom stereocenters. The second-order valence-corrected chi connectivity index (χ2v) is 14.7. The Kier molecular flexibility index (Phi) is 13.3. The number of aliphatic hydroxyl groups is 3. The highest BCUT2D eigenvalue weighted by atomic mass is 16.8. The van der Waals surface area contributed by atoms with Crippen LogP contribution in [0.1, 0.15) is 74.0 Å². The van der Waals surface area contributed by atoms with E-state index in [-0.39, 0.29) is 43.6 Å². The fourth-order valence-corrected chi connectivity index (χ4v) is 6.76. The van der Waals surface area contributed by atoms with E-state index in [2.05, 4.69) is 10.6 Å². The van der Waals surface area contributed by atoms with Gasteiger partial charge in [-0.25, -0.2) is 4.79 Å². The van der Waals surface area contributed by atoms with Gasteiger partial charge in [-0.15, -0.1) is 0 Å². The second-order valence-electron chi connectivity index (χ2n) is 14.7. The molecule has 0 radical (unpaired) electrons. The van der Waals surface area contributed by atoms with E-state index >= 15 is 0 Å². The zero-order chi connectivity index (χ0) is 39.0. The number of fused-ring (bicyclic) bond motifs is 2. The fourth-order valence-electron chi connectivity index (χ4n) is 6.76. The summed E-state index contributed by atoms with van der Waals surface area (Å²) in [6.07, 6.45) is 1.49. The van der Waals surface area contributed by atoms with Crippen LogP contribution >= 0.6 is 0 Å². The molecular weight excluding hydrogens is 700 g/mol. The van der Waals surface area contributed by atoms with Crippen LogP contribution in [0.5, 0.6) is 0 Å². The van der Waals surface area contributed by atoms with Crippen molar-refractivity contribution in [3.63, 3.8) is 0 Å². The summed E-state index contributed by atoms with van der Waals surface area (Å²) in [5.74, 6) is -3.69. The molecule has 1 saturated heterocycles. The number of carbonyl (C=O) groups excluding carboxylic acids is 4. The number of benzene rings is 2. The van der Waals surface area contributed by atoms with Crippen LogP contribution in [0.15, 0.2) is 66.4 Å². The minimum atomic E-state index is -1.43. The lowest BCUT2D eigenvalue weighted by Crippen LogP contribution is -2.55. The molecule has 0 unspecified atom stereocenters. The topological polar surface area (TPSA) is 199 Å². The summed E-state index contributed by atoms with van der Waals surface area (Å²) in [5, 5.41) is 34.7. The van der Waals surface area contributed by atoms with Gasteiger partial charge in [0, 0.05) is 31.3 Å². The first kappa shape index (κ1) is 40.6. The Morgan fingerprint density at radius 2 is 1.69 bits per heavy atom. The number of amides is 2. The van der Waals surface area contributed by atoms with Crippen molar-refractivity contribution in [1.82, 2.24) is 10.6 Å². The van der Waals surface area contributed by atoms with Gasteiger partial charge < -0.3 is 49.6 Å². The third-order valence-electron chi connectivity index (χ3n) is 9.24. The monoisotopic (exact) mass is 750 g/mol. The standard InChI is InChI=1S/C40H50N2O12/c1-24(45)34(37(48)41-29(23-44)13-14-33(46)53-39(2,3)4)42-36(47)28-19-31(51-38(49)30-12-8-7-9-25(30)15-17-50-18-16-43)35-32(20-28)52-40(54-35)21-26-10-5-6-11-27(26)22-40/h5-12,15,17,20,24,29,31-32,34-35,43-45H,13-14,16,18-19,21-23H2,1-4H3,(H,41,48)(H,42,47)/t24-,29-,31+,32+,34+,35-/m0/s1. The SMILES string of the molecule is C[C@H](O)[C@@H](NC(=O)C1=C[C@H]2OC3(Cc4ccccc4C3)O[C@H]2[C@H](OC(=O)c2ccccc2C=COCCO)C1)C(=O)N[C@H](CO)CCC(=O)OC(C)(C)C. The van der Waals surface area contributed by atoms with Crippen molar-refractivity contribution in [2.75, 3.05) is 19.8 Å². The smallest absolute Gasteiger partial charge is 0.339 e. The average molecular weight is 751 g/mol. The minimum absolute atomic E-state index is 0.0659. The van der Waals surface area contributed by atoms with Crippen molar-refractivity contribution < 1.29 is 58.2 Å². The lowest BCUT2D eigenvalue weighted by Gasteiger charge is -2.31. The number of hydrogen-bond donors (Lipinski definition) is 5. The quantitative estimate of drug-likeness (QED) is 0.101. The van der Waals surface area contributed by atoms with Crippen molar-refractivity contribution in [1.29, 1.82) is 0 Å². The number of hydrogen-bond acceptors (Lipinski definition) is 12. The highest BCUT2D eigenvalue weighted by molar-refractivity contribution is 5.98. The van der Waals surface area contributed by atoms with Gasteiger partial charge >= 0.3 is 11.9 Å². The van der Waals surface area contributed by atoms with Crippen LogP contribution in [0.3, 0.4) is 0 Å². The Morgan fingerprint density at radius 1 is 1.00 bits per heavy atom. The summed E-state index contributed by atoms with van der Waals surface area (Å²) in [6.45, 7) is 5.95. The molecular formula is C40H50N2O12. The summed E-state index contributed by atoms with van der Waals surface area (Å²) in [4.78, 5) is 53.2. The largest absolute Gasteiger partial charge is 0.499 e. The molecule has 0 bridgehead atoms. The molecule has 3 aliphatic rings. The van der Waals surface area contributed by atoms with E-state index in [4.69, 9.17) is 28.8 Å². The first-order valence-corrected chi connectivity index (χ1v) is 18.1. The number of nitrogens with one attached hydrogen (secondary N) is 2. The molecule has 2 aliphatic carbocycles. The van der Waals surface area contributed by atoms with E-state index in [0.29, 0.717) is 18.4 Å². The zero-order valence-electron chi connectivity index (χ0n) is 31.0. The van der Waals surface area contributed by atoms with E-state index in [1.807, 2.05) is 24.3 Å². The Balaban J connectivity index is 1.33. The molecule has 14 heteroatoms. The van der Waals surface area contributed by atoms with Crippen LogP contribution < -0.4 is 10.6 Å². The number of carbonyl (C=O) groups is 4. The highest BCUT2D eigenvalue weighted by Crippen LogP contribution is 2.45. The van der Waals surface area contributed by atoms with E-state index in [1.165, 1.54) is 13.2 Å². The number of aliphatic hydroxyl groups excluding tert-OH is 3. The maximum absolute atomic E-state index is 13.9. The molecule has 292 valence electrons. The van der Waals surface area contributed by atoms with Gasteiger partial charge in [-0.05, 0) is 69.0 Å². The van der Waals surface area contributed by atoms with Crippen LogP contribution in [0.4, 0.5) is 0 Å². The van der Waals surface area contributed by atoms with Crippen molar-refractivity contribution in [3.8, 4) is 0 Å². The van der Waals surface area contributed by atoms with Gasteiger partial charge in [0.15, 0.2) is 5.79 Å². The molecule has 1 aliphatic heterocycles. The maximum atomic E-state index is 13.9. The lowest BCUT2D eigenvalue weighted by atomic mass is 9.91. The normalized spacial score (nSPS) is 21.7. The van der Waals surface area contributed by atoms with Gasteiger partial charge in [0.05, 0.1) is 37.2 Å². The van der Waals surface area contributed by atoms with Crippen molar-refractivity contribution in [2.45, 2.75) is 108 Å². The molecule has 0 saturated carbocycles. The Bertz CT molecular complexity index is 1710. The van der Waals surface area contributed by atoms with Gasteiger partial charge in [0.2, 0.25) is 11.8 Å². The van der Waals surface area contributed by atoms with Gasteiger partial charge in [0.1, 0.15) is 36.6 Å². The summed E-state index contributed by atoms with van der Waals surface area (Å²) in [7, 11) is 0. The van der Waals surface area contributed by atoms with E-state index in [1.54, 1.807) is 57.2 Å². The average Bonchev–Trinajstić information content (AvgIpc) is 3.67. The molecule has 1 heterocycles. The highest BCUT2D eigenvalue weighted by Gasteiger charge is 2.55. The summed E-state index contributed by atoms with van der Waals surface area (Å²) in [5.41, 5.74) is 2.32. The lowest BCUT2D eigenvalue weighted by molar-refractivity contribution is -0.172. The minimum Gasteiger partial charge on any atom is -0.499 e. The predicted octanol–water partition coefficient (Wildman–Crippen LogP) is 2.27. The molecule has 2 aromatic carbocycles. The molecule has 1 spiro atoms. The van der Waals surface area contributed by atoms with Crippen LogP contribution in [0.2, 0.25) is 0 Å². The van der Waals surface area contributed by atoms with Crippen LogP contribution in [0, 0.1) is 0 Å². The van der Waals surface area contributed by atoms with Crippen molar-refractivity contribution >= 4 is 29.8 Å². The van der Waals surface area contributed by atoms with Crippen molar-refractivity contribution in [2.24, 2.45) is 0 Å². The predicted molar refractivity (Wildman–Crippen MR) is 194 cm³/mol. The van der Waals surface area contributed by atoms with Gasteiger partial charge in [-0.2, -0.15) is 0 Å². The first-order valence-electron chi connectivity index (χ1n) is 18.1. The Labute approximate surface area is 314 Å². The summed E-state index contributed by atoms with van der Waals surface area (Å²) >= 11 is 0.